The molecule has 0 aromatic rings. The Hall–Kier alpha value is -1.94. The Labute approximate surface area is 638 Å². The Morgan fingerprint density at radius 3 is 0.731 bits per heavy atom. The highest BCUT2D eigenvalue weighted by Gasteiger charge is 2.30. The van der Waals surface area contributed by atoms with Crippen molar-refractivity contribution in [1.82, 2.24) is 0 Å². The van der Waals surface area contributed by atoms with Crippen molar-refractivity contribution in [3.05, 3.63) is 0 Å². The third-order valence-electron chi connectivity index (χ3n) is 20.3. The van der Waals surface area contributed by atoms with E-state index in [1.807, 2.05) is 0 Å². The molecule has 0 heterocycles. The molecule has 0 spiro atoms. The summed E-state index contributed by atoms with van der Waals surface area (Å²) in [4.78, 5) is 73.2. The minimum atomic E-state index is -4.97. The zero-order valence-corrected chi connectivity index (χ0v) is 70.1. The Morgan fingerprint density at radius 1 is 0.279 bits per heavy atom. The first-order chi connectivity index (χ1) is 50.4. The average molecular weight is 1520 g/mol. The second-order valence-electron chi connectivity index (χ2n) is 31.3. The van der Waals surface area contributed by atoms with Crippen LogP contribution in [-0.2, 0) is 65.4 Å². The normalized spacial score (nSPS) is 14.1. The molecule has 0 radical (unpaired) electrons. The number of phosphoric acid groups is 2. The molecule has 0 amide bonds. The molecular formula is C85H166O17P2. The van der Waals surface area contributed by atoms with Crippen LogP contribution in [0.3, 0.4) is 0 Å². The van der Waals surface area contributed by atoms with Gasteiger partial charge in [0.1, 0.15) is 19.3 Å². The predicted molar refractivity (Wildman–Crippen MR) is 428 cm³/mol. The number of unbranched alkanes of at least 4 members (excludes halogenated alkanes) is 53. The van der Waals surface area contributed by atoms with Gasteiger partial charge in [0, 0.05) is 25.7 Å². The minimum absolute atomic E-state index is 0.106. The highest BCUT2D eigenvalue weighted by atomic mass is 31.2. The molecule has 0 aliphatic heterocycles. The van der Waals surface area contributed by atoms with Gasteiger partial charge in [0.15, 0.2) is 12.2 Å². The van der Waals surface area contributed by atoms with Gasteiger partial charge in [-0.25, -0.2) is 9.13 Å². The van der Waals surface area contributed by atoms with E-state index in [0.29, 0.717) is 25.7 Å². The molecule has 0 aromatic carbocycles. The van der Waals surface area contributed by atoms with Gasteiger partial charge in [0.25, 0.3) is 0 Å². The molecule has 0 aliphatic carbocycles. The number of aliphatic hydroxyl groups excluding tert-OH is 1. The van der Waals surface area contributed by atoms with Crippen molar-refractivity contribution >= 4 is 39.5 Å². The predicted octanol–water partition coefficient (Wildman–Crippen LogP) is 25.8. The van der Waals surface area contributed by atoms with E-state index in [1.54, 1.807) is 0 Å². The monoisotopic (exact) mass is 1520 g/mol. The molecule has 17 nitrogen and oxygen atoms in total. The number of ether oxygens (including phenoxy) is 4. The molecular weight excluding hydrogens is 1350 g/mol. The number of carbonyl (C=O) groups excluding carboxylic acids is 4. The summed E-state index contributed by atoms with van der Waals surface area (Å²) in [6, 6.07) is 0. The maximum absolute atomic E-state index is 13.1. The van der Waals surface area contributed by atoms with Crippen LogP contribution in [0, 0.1) is 11.8 Å². The van der Waals surface area contributed by atoms with Crippen molar-refractivity contribution in [2.45, 2.75) is 471 Å². The number of esters is 4. The molecule has 0 saturated heterocycles. The Kier molecular flexibility index (Phi) is 75.0. The smallest absolute Gasteiger partial charge is 0.462 e. The molecule has 19 heteroatoms. The van der Waals surface area contributed by atoms with E-state index in [-0.39, 0.29) is 25.7 Å². The summed E-state index contributed by atoms with van der Waals surface area (Å²) in [6.45, 7) is 9.67. The lowest BCUT2D eigenvalue weighted by Crippen LogP contribution is -2.30. The SMILES string of the molecule is CCCCCCCCCCCCCCCCCCCCCCC(=O)O[C@H](COC(=O)CCCCCCCCCCCCCCCCCCCC)COP(=O)(O)OC[C@@H](O)COP(=O)(O)OC[C@@H](COC(=O)CCCCCCCCCCC(C)CC)OC(=O)CCCCCCCCCCCCCC(C)C. The summed E-state index contributed by atoms with van der Waals surface area (Å²) in [7, 11) is -9.93. The van der Waals surface area contributed by atoms with Gasteiger partial charge < -0.3 is 33.8 Å². The van der Waals surface area contributed by atoms with Gasteiger partial charge in [-0.15, -0.1) is 0 Å². The zero-order valence-electron chi connectivity index (χ0n) is 68.3. The fourth-order valence-electron chi connectivity index (χ4n) is 13.2. The maximum Gasteiger partial charge on any atom is 0.472 e. The fourth-order valence-corrected chi connectivity index (χ4v) is 14.8. The van der Waals surface area contributed by atoms with E-state index in [0.717, 1.165) is 102 Å². The molecule has 0 saturated carbocycles. The van der Waals surface area contributed by atoms with Gasteiger partial charge in [0.05, 0.1) is 26.4 Å². The van der Waals surface area contributed by atoms with Gasteiger partial charge in [-0.1, -0.05) is 401 Å². The second kappa shape index (κ2) is 76.4. The molecule has 0 aliphatic rings. The van der Waals surface area contributed by atoms with Gasteiger partial charge in [-0.2, -0.15) is 0 Å². The molecule has 3 unspecified atom stereocenters. The van der Waals surface area contributed by atoms with Crippen LogP contribution in [0.25, 0.3) is 0 Å². The number of aliphatic hydroxyl groups is 1. The van der Waals surface area contributed by atoms with Crippen molar-refractivity contribution in [1.29, 1.82) is 0 Å². The molecule has 0 rings (SSSR count). The lowest BCUT2D eigenvalue weighted by atomic mass is 9.99. The zero-order chi connectivity index (χ0) is 76.4. The summed E-state index contributed by atoms with van der Waals surface area (Å²) in [5.74, 6) is -0.561. The Morgan fingerprint density at radius 2 is 0.490 bits per heavy atom. The van der Waals surface area contributed by atoms with Crippen molar-refractivity contribution in [3.8, 4) is 0 Å². The van der Waals surface area contributed by atoms with Crippen LogP contribution in [0.2, 0.25) is 0 Å². The highest BCUT2D eigenvalue weighted by molar-refractivity contribution is 7.47. The van der Waals surface area contributed by atoms with Crippen molar-refractivity contribution in [2.75, 3.05) is 39.6 Å². The molecule has 0 aromatic heterocycles. The second-order valence-corrected chi connectivity index (χ2v) is 34.2. The third kappa shape index (κ3) is 76.8. The van der Waals surface area contributed by atoms with E-state index in [2.05, 4.69) is 41.5 Å². The van der Waals surface area contributed by atoms with Crippen LogP contribution in [-0.4, -0.2) is 96.7 Å². The van der Waals surface area contributed by atoms with Crippen LogP contribution in [0.4, 0.5) is 0 Å². The lowest BCUT2D eigenvalue weighted by molar-refractivity contribution is -0.161. The van der Waals surface area contributed by atoms with Crippen molar-refractivity contribution in [3.63, 3.8) is 0 Å². The standard InChI is InChI=1S/C85H166O17P2/c1-7-10-12-14-16-18-20-22-24-26-28-29-31-33-35-39-43-51-57-63-69-84(89)101-80(73-95-82(87)67-61-55-49-42-38-34-32-30-27-25-23-21-19-17-15-13-11-8-2)75-99-103(91,92)97-71-79(86)72-98-104(93,94)100-76-81(74-96-83(88)68-62-56-50-46-45-48-54-60-66-78(6)9-3)102-85(90)70-64-58-52-44-40-36-37-41-47-53-59-65-77(4)5/h77-81,86H,7-76H2,1-6H3,(H,91,92)(H,93,94)/t78?,79-,80-,81-/m1/s1. The molecule has 0 fully saturated rings. The lowest BCUT2D eigenvalue weighted by Gasteiger charge is -2.21. The maximum atomic E-state index is 13.1. The topological polar surface area (TPSA) is 237 Å². The average Bonchev–Trinajstić information content (AvgIpc) is 0.918. The number of phosphoric ester groups is 2. The number of hydrogen-bond acceptors (Lipinski definition) is 15. The summed E-state index contributed by atoms with van der Waals surface area (Å²) >= 11 is 0. The summed E-state index contributed by atoms with van der Waals surface area (Å²) < 4.78 is 68.9. The van der Waals surface area contributed by atoms with Gasteiger partial charge in [-0.05, 0) is 37.5 Å². The molecule has 104 heavy (non-hydrogen) atoms. The van der Waals surface area contributed by atoms with Crippen molar-refractivity contribution in [2.24, 2.45) is 11.8 Å². The van der Waals surface area contributed by atoms with Crippen LogP contribution in [0.1, 0.15) is 452 Å². The van der Waals surface area contributed by atoms with Gasteiger partial charge in [0.2, 0.25) is 0 Å². The largest absolute Gasteiger partial charge is 0.472 e. The molecule has 0 bridgehead atoms. The van der Waals surface area contributed by atoms with Gasteiger partial charge >= 0.3 is 39.5 Å². The van der Waals surface area contributed by atoms with E-state index in [9.17, 15) is 43.2 Å². The van der Waals surface area contributed by atoms with Crippen LogP contribution in [0.15, 0.2) is 0 Å². The first-order valence-electron chi connectivity index (χ1n) is 44.0. The Bertz CT molecular complexity index is 2000. The molecule has 6 atom stereocenters. The molecule has 3 N–H and O–H groups in total. The Balaban J connectivity index is 5.25. The quantitative estimate of drug-likeness (QED) is 0.0222. The fraction of sp³-hybridized carbons (Fsp3) is 0.953. The van der Waals surface area contributed by atoms with E-state index in [4.69, 9.17) is 37.0 Å². The third-order valence-corrected chi connectivity index (χ3v) is 22.2. The molecule has 618 valence electrons. The minimum Gasteiger partial charge on any atom is -0.462 e. The van der Waals surface area contributed by atoms with Crippen LogP contribution in [0.5, 0.6) is 0 Å². The van der Waals surface area contributed by atoms with E-state index >= 15 is 0 Å². The summed E-state index contributed by atoms with van der Waals surface area (Å²) in [6.07, 6.45) is 68.0. The van der Waals surface area contributed by atoms with Crippen LogP contribution >= 0.6 is 15.6 Å². The number of hydrogen-bond donors (Lipinski definition) is 3. The van der Waals surface area contributed by atoms with Crippen molar-refractivity contribution < 1.29 is 80.2 Å². The number of carbonyl (C=O) groups is 4. The number of rotatable bonds is 84. The highest BCUT2D eigenvalue weighted by Crippen LogP contribution is 2.45. The van der Waals surface area contributed by atoms with Crippen LogP contribution < -0.4 is 0 Å². The summed E-state index contributed by atoms with van der Waals surface area (Å²) in [5, 5.41) is 10.7. The summed E-state index contributed by atoms with van der Waals surface area (Å²) in [5.41, 5.74) is 0. The van der Waals surface area contributed by atoms with E-state index < -0.39 is 97.5 Å². The first-order valence-corrected chi connectivity index (χ1v) is 47.0. The first kappa shape index (κ1) is 102. The van der Waals surface area contributed by atoms with E-state index in [1.165, 1.54) is 270 Å². The van der Waals surface area contributed by atoms with Gasteiger partial charge in [-0.3, -0.25) is 37.3 Å².